The van der Waals surface area contributed by atoms with E-state index in [2.05, 4.69) is 42.2 Å². The molecule has 4 heteroatoms. The number of piperidine rings is 1. The zero-order valence-corrected chi connectivity index (χ0v) is 15.9. The Balaban J connectivity index is 1.37. The summed E-state index contributed by atoms with van der Waals surface area (Å²) >= 11 is 0. The van der Waals surface area contributed by atoms with Gasteiger partial charge in [-0.25, -0.2) is 4.98 Å². The van der Waals surface area contributed by atoms with Crippen LogP contribution in [0.3, 0.4) is 0 Å². The number of H-pyrrole nitrogens is 1. The Bertz CT molecular complexity index is 880. The summed E-state index contributed by atoms with van der Waals surface area (Å²) in [5.41, 5.74) is 4.67. The van der Waals surface area contributed by atoms with Gasteiger partial charge in [-0.15, -0.1) is 0 Å². The summed E-state index contributed by atoms with van der Waals surface area (Å²) in [4.78, 5) is 23.0. The van der Waals surface area contributed by atoms with Crippen molar-refractivity contribution >= 4 is 16.9 Å². The minimum absolute atomic E-state index is 0.260. The van der Waals surface area contributed by atoms with Gasteiger partial charge in [0.15, 0.2) is 0 Å². The van der Waals surface area contributed by atoms with Crippen LogP contribution in [0.2, 0.25) is 0 Å². The van der Waals surface area contributed by atoms with Crippen molar-refractivity contribution in [2.24, 2.45) is 0 Å². The van der Waals surface area contributed by atoms with Crippen molar-refractivity contribution < 1.29 is 4.79 Å². The van der Waals surface area contributed by atoms with E-state index in [-0.39, 0.29) is 5.91 Å². The number of benzene rings is 2. The molecule has 4 rings (SSSR count). The van der Waals surface area contributed by atoms with Crippen LogP contribution >= 0.6 is 0 Å². The van der Waals surface area contributed by atoms with Gasteiger partial charge in [-0.2, -0.15) is 0 Å². The van der Waals surface area contributed by atoms with E-state index in [1.54, 1.807) is 0 Å². The Labute approximate surface area is 160 Å². The number of para-hydroxylation sites is 2. The lowest BCUT2D eigenvalue weighted by Gasteiger charge is -2.32. The van der Waals surface area contributed by atoms with Gasteiger partial charge in [0.2, 0.25) is 5.91 Å². The van der Waals surface area contributed by atoms with E-state index in [0.29, 0.717) is 12.3 Å². The third-order valence-corrected chi connectivity index (χ3v) is 5.63. The first-order valence-electron chi connectivity index (χ1n) is 10.0. The second-order valence-electron chi connectivity index (χ2n) is 7.49. The van der Waals surface area contributed by atoms with Gasteiger partial charge in [0, 0.05) is 25.4 Å². The molecule has 0 aliphatic carbocycles. The number of carbonyl (C=O) groups excluding carboxylic acids is 1. The molecule has 0 spiro atoms. The number of likely N-dealkylation sites (tertiary alicyclic amines) is 1. The Morgan fingerprint density at radius 1 is 1.15 bits per heavy atom. The molecule has 1 amide bonds. The number of aromatic amines is 1. The number of nitrogens with one attached hydrogen (secondary N) is 1. The molecular weight excluding hydrogens is 334 g/mol. The number of imidazole rings is 1. The number of fused-ring (bicyclic) bond motifs is 1. The minimum atomic E-state index is 0.260. The van der Waals surface area contributed by atoms with Crippen molar-refractivity contribution in [2.75, 3.05) is 13.1 Å². The molecule has 1 aliphatic heterocycles. The summed E-state index contributed by atoms with van der Waals surface area (Å²) in [5, 5.41) is 0. The number of nitrogens with zero attached hydrogens (tertiary/aromatic N) is 2. The first-order valence-corrected chi connectivity index (χ1v) is 10.0. The highest BCUT2D eigenvalue weighted by Crippen LogP contribution is 2.27. The largest absolute Gasteiger partial charge is 0.342 e. The molecule has 4 nitrogen and oxygen atoms in total. The predicted molar refractivity (Wildman–Crippen MR) is 109 cm³/mol. The van der Waals surface area contributed by atoms with E-state index in [9.17, 15) is 4.79 Å². The lowest BCUT2D eigenvalue weighted by Crippen LogP contribution is -2.39. The molecule has 2 aromatic carbocycles. The molecule has 2 heterocycles. The molecule has 0 bridgehead atoms. The van der Waals surface area contributed by atoms with E-state index in [0.717, 1.165) is 55.6 Å². The summed E-state index contributed by atoms with van der Waals surface area (Å²) in [6, 6.07) is 16.8. The molecule has 0 saturated carbocycles. The van der Waals surface area contributed by atoms with Crippen LogP contribution < -0.4 is 0 Å². The zero-order valence-electron chi connectivity index (χ0n) is 15.9. The van der Waals surface area contributed by atoms with E-state index < -0.39 is 0 Å². The van der Waals surface area contributed by atoms with Gasteiger partial charge in [-0.05, 0) is 48.9 Å². The van der Waals surface area contributed by atoms with Crippen LogP contribution in [0, 0.1) is 0 Å². The Morgan fingerprint density at radius 3 is 2.70 bits per heavy atom. The van der Waals surface area contributed by atoms with Crippen LogP contribution in [0.5, 0.6) is 0 Å². The third-order valence-electron chi connectivity index (χ3n) is 5.63. The quantitative estimate of drug-likeness (QED) is 0.729. The molecule has 27 heavy (non-hydrogen) atoms. The Morgan fingerprint density at radius 2 is 1.93 bits per heavy atom. The SMILES string of the molecule is CCc1ccc(CCC(=O)N2CCCC(c3nc4ccccc4[nH]3)C2)cc1. The Kier molecular flexibility index (Phi) is 5.23. The van der Waals surface area contributed by atoms with Crippen LogP contribution in [0.4, 0.5) is 0 Å². The zero-order chi connectivity index (χ0) is 18.6. The predicted octanol–water partition coefficient (Wildman–Crippen LogP) is 4.46. The molecule has 1 atom stereocenters. The van der Waals surface area contributed by atoms with Gasteiger partial charge in [-0.1, -0.05) is 43.3 Å². The normalized spacial score (nSPS) is 17.4. The van der Waals surface area contributed by atoms with Crippen molar-refractivity contribution in [3.05, 3.63) is 65.5 Å². The lowest BCUT2D eigenvalue weighted by molar-refractivity contribution is -0.132. The second-order valence-corrected chi connectivity index (χ2v) is 7.49. The average Bonchev–Trinajstić information content (AvgIpc) is 3.17. The molecular formula is C23H27N3O. The van der Waals surface area contributed by atoms with Crippen LogP contribution in [0.25, 0.3) is 11.0 Å². The number of rotatable bonds is 5. The maximum Gasteiger partial charge on any atom is 0.222 e. The number of hydrogen-bond donors (Lipinski definition) is 1. The number of hydrogen-bond acceptors (Lipinski definition) is 2. The summed E-state index contributed by atoms with van der Waals surface area (Å²) in [6.07, 6.45) is 4.57. The van der Waals surface area contributed by atoms with Crippen LogP contribution in [-0.4, -0.2) is 33.9 Å². The van der Waals surface area contributed by atoms with Crippen molar-refractivity contribution in [1.29, 1.82) is 0 Å². The summed E-state index contributed by atoms with van der Waals surface area (Å²) in [7, 11) is 0. The summed E-state index contributed by atoms with van der Waals surface area (Å²) < 4.78 is 0. The molecule has 0 radical (unpaired) electrons. The van der Waals surface area contributed by atoms with E-state index in [4.69, 9.17) is 4.98 Å². The summed E-state index contributed by atoms with van der Waals surface area (Å²) in [5.74, 6) is 1.58. The van der Waals surface area contributed by atoms with Crippen molar-refractivity contribution in [2.45, 2.75) is 44.9 Å². The molecule has 140 valence electrons. The first-order chi connectivity index (χ1) is 13.2. The van der Waals surface area contributed by atoms with Crippen LogP contribution in [0.1, 0.15) is 49.1 Å². The highest BCUT2D eigenvalue weighted by Gasteiger charge is 2.26. The molecule has 1 aliphatic rings. The third kappa shape index (κ3) is 4.05. The number of aromatic nitrogens is 2. The maximum absolute atomic E-state index is 12.7. The lowest BCUT2D eigenvalue weighted by atomic mass is 9.96. The number of carbonyl (C=O) groups is 1. The van der Waals surface area contributed by atoms with Gasteiger partial charge >= 0.3 is 0 Å². The minimum Gasteiger partial charge on any atom is -0.342 e. The topological polar surface area (TPSA) is 49.0 Å². The fourth-order valence-corrected chi connectivity index (χ4v) is 3.94. The fourth-order valence-electron chi connectivity index (χ4n) is 3.94. The standard InChI is InChI=1S/C23H27N3O/c1-2-17-9-11-18(12-10-17)13-14-22(27)26-15-5-6-19(16-26)23-24-20-7-3-4-8-21(20)25-23/h3-4,7-12,19H,2,5-6,13-16H2,1H3,(H,24,25). The van der Waals surface area contributed by atoms with Crippen molar-refractivity contribution in [3.8, 4) is 0 Å². The highest BCUT2D eigenvalue weighted by molar-refractivity contribution is 5.77. The Hall–Kier alpha value is -2.62. The van der Waals surface area contributed by atoms with E-state index in [1.165, 1.54) is 11.1 Å². The molecule has 1 saturated heterocycles. The number of amides is 1. The fraction of sp³-hybridized carbons (Fsp3) is 0.391. The highest BCUT2D eigenvalue weighted by atomic mass is 16.2. The molecule has 1 N–H and O–H groups in total. The summed E-state index contributed by atoms with van der Waals surface area (Å²) in [6.45, 7) is 3.80. The van der Waals surface area contributed by atoms with E-state index >= 15 is 0 Å². The van der Waals surface area contributed by atoms with Gasteiger partial charge in [0.1, 0.15) is 5.82 Å². The average molecular weight is 361 g/mol. The molecule has 1 unspecified atom stereocenters. The monoisotopic (exact) mass is 361 g/mol. The van der Waals surface area contributed by atoms with Crippen molar-refractivity contribution in [1.82, 2.24) is 14.9 Å². The van der Waals surface area contributed by atoms with Gasteiger partial charge in [-0.3, -0.25) is 4.79 Å². The molecule has 1 fully saturated rings. The van der Waals surface area contributed by atoms with Crippen molar-refractivity contribution in [3.63, 3.8) is 0 Å². The van der Waals surface area contributed by atoms with Gasteiger partial charge in [0.05, 0.1) is 11.0 Å². The maximum atomic E-state index is 12.7. The van der Waals surface area contributed by atoms with Crippen LogP contribution in [-0.2, 0) is 17.6 Å². The first kappa shape index (κ1) is 17.8. The number of aryl methyl sites for hydroxylation is 2. The van der Waals surface area contributed by atoms with E-state index in [1.807, 2.05) is 23.1 Å². The van der Waals surface area contributed by atoms with Gasteiger partial charge < -0.3 is 9.88 Å². The van der Waals surface area contributed by atoms with Gasteiger partial charge in [0.25, 0.3) is 0 Å². The molecule has 3 aromatic rings. The smallest absolute Gasteiger partial charge is 0.222 e. The second kappa shape index (κ2) is 7.95. The van der Waals surface area contributed by atoms with Crippen LogP contribution in [0.15, 0.2) is 48.5 Å². The molecule has 1 aromatic heterocycles.